The van der Waals surface area contributed by atoms with Gasteiger partial charge >= 0.3 is 0 Å². The zero-order valence-electron chi connectivity index (χ0n) is 25.9. The molecule has 0 saturated carbocycles. The van der Waals surface area contributed by atoms with Crippen LogP contribution in [0.3, 0.4) is 0 Å². The second-order valence-corrected chi connectivity index (χ2v) is 43.8. The molecule has 20 heteroatoms. The summed E-state index contributed by atoms with van der Waals surface area (Å²) in [5.74, 6) is 4.66. The third kappa shape index (κ3) is 10.6. The number of nitrogens with zero attached hydrogens (tertiary/aromatic N) is 2. The van der Waals surface area contributed by atoms with Gasteiger partial charge in [0.1, 0.15) is 4.87 Å². The Balaban J connectivity index is 0.000000270. The molecule has 2 amide bonds. The number of benzene rings is 2. The van der Waals surface area contributed by atoms with E-state index in [1.54, 1.807) is 17.0 Å². The van der Waals surface area contributed by atoms with Gasteiger partial charge in [-0.2, -0.15) is 12.6 Å². The molecular formula is C28H38N2O3P8S4V3. The molecule has 7 rings (SSSR count). The summed E-state index contributed by atoms with van der Waals surface area (Å²) in [6.45, 7) is 1.89. The van der Waals surface area contributed by atoms with Crippen LogP contribution in [0.4, 0.5) is 0 Å². The van der Waals surface area contributed by atoms with Crippen molar-refractivity contribution >= 4 is 137 Å². The van der Waals surface area contributed by atoms with Gasteiger partial charge in [0.05, 0.1) is 9.78 Å². The number of amides is 2. The van der Waals surface area contributed by atoms with E-state index in [-0.39, 0.29) is 99.1 Å². The van der Waals surface area contributed by atoms with Crippen LogP contribution < -0.4 is 0 Å². The van der Waals surface area contributed by atoms with Gasteiger partial charge in [0.25, 0.3) is 11.8 Å². The van der Waals surface area contributed by atoms with Crippen molar-refractivity contribution in [3.8, 4) is 0 Å². The zero-order valence-corrected chi connectivity index (χ0v) is 41.9. The summed E-state index contributed by atoms with van der Waals surface area (Å²) in [6.07, 6.45) is 4.19. The fourth-order valence-corrected chi connectivity index (χ4v) is 40.2. The van der Waals surface area contributed by atoms with Crippen LogP contribution in [0.5, 0.6) is 0 Å². The molecule has 5 aliphatic rings. The largest absolute Gasteiger partial charge is 0.320 e. The van der Waals surface area contributed by atoms with Crippen LogP contribution in [-0.2, 0) is 65.3 Å². The number of fused-ring (bicyclic) bond motifs is 6. The van der Waals surface area contributed by atoms with E-state index in [9.17, 15) is 14.4 Å². The van der Waals surface area contributed by atoms with Crippen LogP contribution in [0, 0.1) is 0 Å². The first-order valence-electron chi connectivity index (χ1n) is 14.3. The maximum Gasteiger partial charge on any atom is 0.258 e. The number of ketones is 1. The summed E-state index contributed by atoms with van der Waals surface area (Å²) in [5.41, 5.74) is 4.51. The van der Waals surface area contributed by atoms with E-state index in [0.29, 0.717) is 22.6 Å². The van der Waals surface area contributed by atoms with Gasteiger partial charge < -0.3 is 9.80 Å². The molecule has 2 aromatic carbocycles. The first-order valence-corrected chi connectivity index (χ1v) is 31.4. The molecule has 257 valence electrons. The third-order valence-electron chi connectivity index (χ3n) is 8.05. The molecule has 5 nitrogen and oxygen atoms in total. The minimum Gasteiger partial charge on any atom is -0.320 e. The quantitative estimate of drug-likeness (QED) is 0.238. The number of carbonyl (C=O) groups excluding carboxylic acids is 3. The number of hydrogen-bond donors (Lipinski definition) is 1. The van der Waals surface area contributed by atoms with Crippen LogP contribution in [0.1, 0.15) is 51.1 Å². The Bertz CT molecular complexity index is 1490. The molecule has 6 unspecified atom stereocenters. The van der Waals surface area contributed by atoms with E-state index in [0.717, 1.165) is 47.7 Å². The van der Waals surface area contributed by atoms with E-state index in [4.69, 9.17) is 0 Å². The van der Waals surface area contributed by atoms with E-state index in [2.05, 4.69) is 97.8 Å². The number of thiol groups is 1. The smallest absolute Gasteiger partial charge is 0.258 e. The van der Waals surface area contributed by atoms with Crippen molar-refractivity contribution in [1.29, 1.82) is 0 Å². The van der Waals surface area contributed by atoms with Crippen LogP contribution in [0.15, 0.2) is 54.6 Å². The molecule has 48 heavy (non-hydrogen) atoms. The second kappa shape index (κ2) is 21.6. The second-order valence-electron chi connectivity index (χ2n) is 10.7. The molecule has 2 saturated heterocycles. The number of rotatable bonds is 5. The summed E-state index contributed by atoms with van der Waals surface area (Å²) in [7, 11) is 14.4. The maximum absolute atomic E-state index is 12.9. The number of thioether (sulfide) groups is 3. The van der Waals surface area contributed by atoms with Crippen LogP contribution in [0.25, 0.3) is 5.70 Å². The number of hydrogen-bond acceptors (Lipinski definition) is 7. The monoisotopic (exact) mass is 979 g/mol. The molecule has 3 radical (unpaired) electrons. The van der Waals surface area contributed by atoms with Gasteiger partial charge in [0, 0.05) is 127 Å². The van der Waals surface area contributed by atoms with Gasteiger partial charge in [-0.1, -0.05) is 36.4 Å². The Morgan fingerprint density at radius 2 is 1.40 bits per heavy atom. The SMILES string of the molecule is O=C1C=C2c3ccccc3C(=O)N2CC1.O=C1c2ccccc2C2(SCCS)CC3(CCN12)SCCS3.PP(P)P(P)P(P)P.[V].[V].[V]. The summed E-state index contributed by atoms with van der Waals surface area (Å²) in [5, 5.41) is 0. The zero-order chi connectivity index (χ0) is 32.4. The Morgan fingerprint density at radius 3 is 1.98 bits per heavy atom. The Labute approximate surface area is 354 Å². The van der Waals surface area contributed by atoms with Crippen LogP contribution in [-0.4, -0.2) is 67.6 Å². The molecule has 0 N–H and O–H groups in total. The van der Waals surface area contributed by atoms with Gasteiger partial charge in [0.15, 0.2) is 5.78 Å². The van der Waals surface area contributed by atoms with Gasteiger partial charge in [-0.25, -0.2) is 0 Å². The molecule has 0 aromatic heterocycles. The Kier molecular flexibility index (Phi) is 21.4. The Hall–Kier alpha value is 3.38. The van der Waals surface area contributed by atoms with Crippen molar-refractivity contribution in [1.82, 2.24) is 9.80 Å². The average molecular weight is 980 g/mol. The van der Waals surface area contributed by atoms with Gasteiger partial charge in [0.2, 0.25) is 0 Å². The first-order chi connectivity index (χ1) is 21.5. The topological polar surface area (TPSA) is 57.7 Å². The van der Waals surface area contributed by atoms with Crippen molar-refractivity contribution in [2.45, 2.75) is 28.2 Å². The van der Waals surface area contributed by atoms with Crippen molar-refractivity contribution in [3.05, 3.63) is 76.9 Å². The minimum atomic E-state index is -0.168. The van der Waals surface area contributed by atoms with Crippen molar-refractivity contribution in [2.75, 3.05) is 36.1 Å². The third-order valence-corrected chi connectivity index (χ3v) is 51.4. The molecule has 5 heterocycles. The molecule has 2 fully saturated rings. The molecule has 6 atom stereocenters. The summed E-state index contributed by atoms with van der Waals surface area (Å²) in [4.78, 5) is 39.8. The molecule has 2 aromatic rings. The predicted octanol–water partition coefficient (Wildman–Crippen LogP) is 9.59. The molecule has 0 aliphatic carbocycles. The van der Waals surface area contributed by atoms with E-state index >= 15 is 0 Å². The summed E-state index contributed by atoms with van der Waals surface area (Å²) >= 11 is 10.6. The summed E-state index contributed by atoms with van der Waals surface area (Å²) in [6, 6.07) is 15.7. The first kappa shape index (κ1) is 47.5. The van der Waals surface area contributed by atoms with Crippen molar-refractivity contribution in [2.24, 2.45) is 0 Å². The van der Waals surface area contributed by atoms with Gasteiger partial charge in [-0.3, -0.25) is 14.4 Å². The maximum atomic E-state index is 12.9. The van der Waals surface area contributed by atoms with E-state index in [1.165, 1.54) is 17.1 Å². The molecule has 0 bridgehead atoms. The van der Waals surface area contributed by atoms with E-state index < -0.39 is 0 Å². The number of piperidine rings is 1. The molecular weight excluding hydrogens is 941 g/mol. The Morgan fingerprint density at radius 1 is 0.812 bits per heavy atom. The molecule has 1 spiro atoms. The van der Waals surface area contributed by atoms with Gasteiger partial charge in [-0.15, -0.1) is 79.9 Å². The fraction of sp³-hybridized carbons (Fsp3) is 0.393. The normalized spacial score (nSPS) is 21.1. The number of carbonyl (C=O) groups is 3. The average Bonchev–Trinajstić information content (AvgIpc) is 3.68. The predicted molar refractivity (Wildman–Crippen MR) is 227 cm³/mol. The number of allylic oxidation sites excluding steroid dienone is 1. The van der Waals surface area contributed by atoms with E-state index in [1.807, 2.05) is 42.1 Å². The van der Waals surface area contributed by atoms with Gasteiger partial charge in [-0.05, 0) is 45.3 Å². The molecule has 5 aliphatic heterocycles. The standard InChI is InChI=1S/C16H19NOS4.C12H9NO2.H10P8.3V/c18-14-12-3-1-2-4-13(12)16(22-8-7-19)11-15(5-6-17(14)16)20-9-10-21-15;14-8-5-6-13-11(7-8)9-3-1-2-4-10(9)12(13)15;1-6(2)8(5)7(3)4;;;/h1-4,19H,5-11H2;1-4,7H,5-6H2;1-5H2;;;. The van der Waals surface area contributed by atoms with Crippen LogP contribution >= 0.6 is 114 Å². The summed E-state index contributed by atoms with van der Waals surface area (Å²) < 4.78 is 0.303. The van der Waals surface area contributed by atoms with Crippen LogP contribution in [0.2, 0.25) is 0 Å². The van der Waals surface area contributed by atoms with Crippen molar-refractivity contribution < 1.29 is 70.1 Å². The fourth-order valence-electron chi connectivity index (χ4n) is 6.07. The minimum absolute atomic E-state index is 0. The van der Waals surface area contributed by atoms with Crippen molar-refractivity contribution in [3.63, 3.8) is 0 Å².